The highest BCUT2D eigenvalue weighted by molar-refractivity contribution is 6.17. The quantitative estimate of drug-likeness (QED) is 0.644. The summed E-state index contributed by atoms with van der Waals surface area (Å²) in [6, 6.07) is 17.4. The van der Waals surface area contributed by atoms with E-state index in [1.807, 2.05) is 0 Å². The van der Waals surface area contributed by atoms with E-state index in [2.05, 4.69) is 53.8 Å². The lowest BCUT2D eigenvalue weighted by atomic mass is 9.85. The molecule has 0 radical (unpaired) electrons. The molecule has 0 aromatic heterocycles. The number of alkyl halides is 1. The first-order valence-corrected chi connectivity index (χ1v) is 8.45. The Hall–Kier alpha value is -1.51. The van der Waals surface area contributed by atoms with E-state index in [1.165, 1.54) is 22.4 Å². The molecule has 22 heavy (non-hydrogen) atoms. The van der Waals surface area contributed by atoms with Crippen LogP contribution in [0.15, 0.2) is 48.5 Å². The van der Waals surface area contributed by atoms with E-state index in [4.69, 9.17) is 16.3 Å². The summed E-state index contributed by atoms with van der Waals surface area (Å²) in [7, 11) is 0. The average Bonchev–Trinajstić information content (AvgIpc) is 2.55. The van der Waals surface area contributed by atoms with Gasteiger partial charge in [0.1, 0.15) is 0 Å². The van der Waals surface area contributed by atoms with Gasteiger partial charge in [0.05, 0.1) is 6.61 Å². The minimum absolute atomic E-state index is 0.473. The number of halogens is 1. The molecule has 1 aliphatic rings. The van der Waals surface area contributed by atoms with Gasteiger partial charge >= 0.3 is 0 Å². The van der Waals surface area contributed by atoms with Crippen LogP contribution in [-0.4, -0.2) is 19.1 Å². The molecule has 0 amide bonds. The highest BCUT2D eigenvalue weighted by Gasteiger charge is 2.19. The second-order valence-corrected chi connectivity index (χ2v) is 6.08. The standard InChI is InChI=1S/C19H22ClNO/c20-10-12-22-11-9-16-13-15-5-1-2-6-17(15)14-21-19-8-4-3-7-18(16)19/h1-8,16,21H,9-14H2. The Morgan fingerprint density at radius 1 is 1.00 bits per heavy atom. The first kappa shape index (κ1) is 15.4. The van der Waals surface area contributed by atoms with Gasteiger partial charge in [-0.15, -0.1) is 11.6 Å². The number of anilines is 1. The Bertz CT molecular complexity index is 614. The number of benzene rings is 2. The van der Waals surface area contributed by atoms with Crippen LogP contribution >= 0.6 is 11.6 Å². The summed E-state index contributed by atoms with van der Waals surface area (Å²) in [5.74, 6) is 1.03. The van der Waals surface area contributed by atoms with Crippen LogP contribution in [0.25, 0.3) is 0 Å². The van der Waals surface area contributed by atoms with Gasteiger partial charge in [-0.3, -0.25) is 0 Å². The van der Waals surface area contributed by atoms with Gasteiger partial charge in [0.25, 0.3) is 0 Å². The van der Waals surface area contributed by atoms with Crippen molar-refractivity contribution < 1.29 is 4.74 Å². The van der Waals surface area contributed by atoms with Crippen LogP contribution in [0.5, 0.6) is 0 Å². The van der Waals surface area contributed by atoms with E-state index < -0.39 is 0 Å². The Labute approximate surface area is 137 Å². The fourth-order valence-electron chi connectivity index (χ4n) is 3.15. The molecule has 1 heterocycles. The highest BCUT2D eigenvalue weighted by atomic mass is 35.5. The van der Waals surface area contributed by atoms with Crippen molar-refractivity contribution in [2.45, 2.75) is 25.3 Å². The van der Waals surface area contributed by atoms with Crippen molar-refractivity contribution in [3.63, 3.8) is 0 Å². The molecule has 1 atom stereocenters. The molecule has 0 spiro atoms. The van der Waals surface area contributed by atoms with Gasteiger partial charge in [0.2, 0.25) is 0 Å². The fraction of sp³-hybridized carbons (Fsp3) is 0.368. The van der Waals surface area contributed by atoms with E-state index in [9.17, 15) is 0 Å². The zero-order valence-corrected chi connectivity index (χ0v) is 13.5. The van der Waals surface area contributed by atoms with Crippen molar-refractivity contribution in [3.8, 4) is 0 Å². The molecule has 2 nitrogen and oxygen atoms in total. The van der Waals surface area contributed by atoms with Crippen LogP contribution in [-0.2, 0) is 17.7 Å². The molecule has 1 unspecified atom stereocenters. The summed E-state index contributed by atoms with van der Waals surface area (Å²) in [6.45, 7) is 2.28. The molecule has 0 saturated carbocycles. The molecule has 1 aliphatic heterocycles. The molecule has 0 bridgehead atoms. The maximum absolute atomic E-state index is 5.68. The third kappa shape index (κ3) is 3.63. The number of rotatable bonds is 5. The third-order valence-corrected chi connectivity index (χ3v) is 4.44. The van der Waals surface area contributed by atoms with Gasteiger partial charge in [0, 0.05) is 24.7 Å². The number of fused-ring (bicyclic) bond motifs is 2. The summed E-state index contributed by atoms with van der Waals surface area (Å²) in [6.07, 6.45) is 2.09. The van der Waals surface area contributed by atoms with Gasteiger partial charge < -0.3 is 10.1 Å². The first-order chi connectivity index (χ1) is 10.9. The maximum Gasteiger partial charge on any atom is 0.0601 e. The Morgan fingerprint density at radius 2 is 1.77 bits per heavy atom. The van der Waals surface area contributed by atoms with Crippen molar-refractivity contribution in [3.05, 3.63) is 65.2 Å². The normalized spacial score (nSPS) is 16.9. The Morgan fingerprint density at radius 3 is 2.64 bits per heavy atom. The molecule has 0 aliphatic carbocycles. The predicted octanol–water partition coefficient (Wildman–Crippen LogP) is 4.58. The Balaban J connectivity index is 1.83. The summed E-state index contributed by atoms with van der Waals surface area (Å²) in [4.78, 5) is 0. The largest absolute Gasteiger partial charge is 0.381 e. The minimum Gasteiger partial charge on any atom is -0.381 e. The Kier molecular flexibility index (Phi) is 5.36. The summed E-state index contributed by atoms with van der Waals surface area (Å²) in [5.41, 5.74) is 5.47. The topological polar surface area (TPSA) is 21.3 Å². The van der Waals surface area contributed by atoms with E-state index in [0.29, 0.717) is 18.4 Å². The summed E-state index contributed by atoms with van der Waals surface area (Å²) in [5, 5.41) is 3.59. The predicted molar refractivity (Wildman–Crippen MR) is 92.8 cm³/mol. The van der Waals surface area contributed by atoms with E-state index in [1.54, 1.807) is 0 Å². The van der Waals surface area contributed by atoms with Crippen molar-refractivity contribution in [2.24, 2.45) is 0 Å². The number of ether oxygens (including phenoxy) is 1. The lowest BCUT2D eigenvalue weighted by molar-refractivity contribution is 0.141. The van der Waals surface area contributed by atoms with Crippen LogP contribution in [0.2, 0.25) is 0 Å². The number of nitrogens with one attached hydrogen (secondary N) is 1. The summed E-state index contributed by atoms with van der Waals surface area (Å²) < 4.78 is 5.61. The highest BCUT2D eigenvalue weighted by Crippen LogP contribution is 2.33. The van der Waals surface area contributed by atoms with E-state index >= 15 is 0 Å². The van der Waals surface area contributed by atoms with Crippen LogP contribution in [0.1, 0.15) is 29.0 Å². The number of hydrogen-bond acceptors (Lipinski definition) is 2. The van der Waals surface area contributed by atoms with Crippen molar-refractivity contribution in [1.29, 1.82) is 0 Å². The van der Waals surface area contributed by atoms with Gasteiger partial charge in [-0.1, -0.05) is 42.5 Å². The monoisotopic (exact) mass is 315 g/mol. The molecule has 2 aromatic rings. The van der Waals surface area contributed by atoms with Gasteiger partial charge in [-0.2, -0.15) is 0 Å². The molecular weight excluding hydrogens is 294 g/mol. The molecule has 116 valence electrons. The second kappa shape index (κ2) is 7.66. The van der Waals surface area contributed by atoms with E-state index in [0.717, 1.165) is 26.0 Å². The minimum atomic E-state index is 0.473. The van der Waals surface area contributed by atoms with Gasteiger partial charge in [-0.05, 0) is 41.5 Å². The van der Waals surface area contributed by atoms with Crippen molar-refractivity contribution in [2.75, 3.05) is 24.4 Å². The second-order valence-electron chi connectivity index (χ2n) is 5.70. The van der Waals surface area contributed by atoms with Crippen LogP contribution in [0.4, 0.5) is 5.69 Å². The lowest BCUT2D eigenvalue weighted by Gasteiger charge is -2.26. The molecule has 1 N–H and O–H groups in total. The molecular formula is C19H22ClNO. The molecule has 2 aromatic carbocycles. The number of hydrogen-bond donors (Lipinski definition) is 1. The van der Waals surface area contributed by atoms with E-state index in [-0.39, 0.29) is 0 Å². The molecule has 0 saturated heterocycles. The van der Waals surface area contributed by atoms with Gasteiger partial charge in [-0.25, -0.2) is 0 Å². The number of para-hydroxylation sites is 1. The lowest BCUT2D eigenvalue weighted by Crippen LogP contribution is -2.16. The van der Waals surface area contributed by atoms with Crippen molar-refractivity contribution >= 4 is 17.3 Å². The van der Waals surface area contributed by atoms with Crippen LogP contribution < -0.4 is 5.32 Å². The maximum atomic E-state index is 5.68. The average molecular weight is 316 g/mol. The smallest absolute Gasteiger partial charge is 0.0601 e. The van der Waals surface area contributed by atoms with Crippen molar-refractivity contribution in [1.82, 2.24) is 0 Å². The molecule has 3 rings (SSSR count). The van der Waals surface area contributed by atoms with Crippen LogP contribution in [0.3, 0.4) is 0 Å². The zero-order chi connectivity index (χ0) is 15.2. The SMILES string of the molecule is ClCCOCCC1Cc2ccccc2CNc2ccccc21. The van der Waals surface area contributed by atoms with Crippen LogP contribution in [0, 0.1) is 0 Å². The molecule has 0 fully saturated rings. The fourth-order valence-corrected chi connectivity index (χ4v) is 3.26. The molecule has 3 heteroatoms. The third-order valence-electron chi connectivity index (χ3n) is 4.29. The zero-order valence-electron chi connectivity index (χ0n) is 12.7. The summed E-state index contributed by atoms with van der Waals surface area (Å²) >= 11 is 5.68. The van der Waals surface area contributed by atoms with Gasteiger partial charge in [0.15, 0.2) is 0 Å². The first-order valence-electron chi connectivity index (χ1n) is 7.92.